The largest absolute Gasteiger partial charge is 0.356 e. The molecule has 0 radical (unpaired) electrons. The molecule has 0 bridgehead atoms. The highest BCUT2D eigenvalue weighted by Gasteiger charge is 2.17. The minimum Gasteiger partial charge on any atom is -0.356 e. The number of aryl methyl sites for hydroxylation is 2. The first-order valence-corrected chi connectivity index (χ1v) is 7.93. The van der Waals surface area contributed by atoms with Gasteiger partial charge in [0.05, 0.1) is 0 Å². The third-order valence-corrected chi connectivity index (χ3v) is 3.66. The summed E-state index contributed by atoms with van der Waals surface area (Å²) in [7, 11) is 0. The molecular weight excluding hydrogens is 302 g/mol. The van der Waals surface area contributed by atoms with Crippen LogP contribution in [0.3, 0.4) is 0 Å². The lowest BCUT2D eigenvalue weighted by atomic mass is 9.90. The van der Waals surface area contributed by atoms with Gasteiger partial charge in [-0.15, -0.1) is 0 Å². The smallest absolute Gasteiger partial charge is 0.220 e. The Kier molecular flexibility index (Phi) is 6.56. The summed E-state index contributed by atoms with van der Waals surface area (Å²) in [6.45, 7) is 7.17. The van der Waals surface area contributed by atoms with Crippen LogP contribution in [0.25, 0.3) is 0 Å². The lowest BCUT2D eigenvalue weighted by molar-refractivity contribution is -0.121. The third-order valence-electron chi connectivity index (χ3n) is 3.26. The van der Waals surface area contributed by atoms with Gasteiger partial charge in [0.15, 0.2) is 0 Å². The first-order valence-electron chi connectivity index (χ1n) is 6.81. The molecule has 0 saturated heterocycles. The lowest BCUT2D eigenvalue weighted by Gasteiger charge is -2.23. The van der Waals surface area contributed by atoms with Gasteiger partial charge in [0.2, 0.25) is 5.91 Å². The Morgan fingerprint density at radius 1 is 1.37 bits per heavy atom. The van der Waals surface area contributed by atoms with Gasteiger partial charge in [0.25, 0.3) is 0 Å². The second kappa shape index (κ2) is 7.68. The highest BCUT2D eigenvalue weighted by molar-refractivity contribution is 9.09. The molecule has 106 valence electrons. The molecule has 1 aromatic rings. The maximum absolute atomic E-state index is 11.8. The van der Waals surface area contributed by atoms with E-state index in [2.05, 4.69) is 60.2 Å². The molecule has 19 heavy (non-hydrogen) atoms. The number of carbonyl (C=O) groups excluding carboxylic acids is 1. The Balaban J connectivity index is 2.32. The molecule has 0 aliphatic carbocycles. The van der Waals surface area contributed by atoms with Crippen molar-refractivity contribution in [3.8, 4) is 0 Å². The van der Waals surface area contributed by atoms with E-state index in [0.717, 1.165) is 24.7 Å². The number of carbonyl (C=O) groups is 1. The molecule has 0 atom stereocenters. The molecule has 0 spiro atoms. The summed E-state index contributed by atoms with van der Waals surface area (Å²) in [5, 5.41) is 4.00. The van der Waals surface area contributed by atoms with Gasteiger partial charge in [-0.1, -0.05) is 59.6 Å². The topological polar surface area (TPSA) is 29.1 Å². The Morgan fingerprint density at radius 2 is 2.11 bits per heavy atom. The lowest BCUT2D eigenvalue weighted by Crippen LogP contribution is -2.34. The van der Waals surface area contributed by atoms with Crippen LogP contribution in [0.4, 0.5) is 0 Å². The predicted octanol–water partition coefficient (Wildman–Crippen LogP) is 3.86. The van der Waals surface area contributed by atoms with Crippen molar-refractivity contribution in [3.05, 3.63) is 35.4 Å². The Morgan fingerprint density at radius 3 is 2.74 bits per heavy atom. The van der Waals surface area contributed by atoms with Crippen LogP contribution in [0.5, 0.6) is 0 Å². The zero-order chi connectivity index (χ0) is 14.3. The van der Waals surface area contributed by atoms with Crippen LogP contribution in [0.15, 0.2) is 24.3 Å². The summed E-state index contributed by atoms with van der Waals surface area (Å²) < 4.78 is 0. The average Bonchev–Trinajstić information content (AvgIpc) is 2.34. The van der Waals surface area contributed by atoms with E-state index in [1.165, 1.54) is 11.1 Å². The number of nitrogens with one attached hydrogen (secondary N) is 1. The molecule has 0 aliphatic heterocycles. The number of rotatable bonds is 7. The third kappa shape index (κ3) is 6.76. The van der Waals surface area contributed by atoms with Crippen LogP contribution in [-0.4, -0.2) is 17.8 Å². The molecule has 2 nitrogen and oxygen atoms in total. The number of alkyl halides is 1. The SMILES string of the molecule is Cc1cccc(CCC(=O)NCC(C)(C)CCBr)c1. The predicted molar refractivity (Wildman–Crippen MR) is 84.7 cm³/mol. The van der Waals surface area contributed by atoms with Gasteiger partial charge in [-0.3, -0.25) is 4.79 Å². The number of hydrogen-bond donors (Lipinski definition) is 1. The molecular formula is C16H24BrNO. The second-order valence-corrected chi connectivity index (χ2v) is 6.66. The van der Waals surface area contributed by atoms with Crippen molar-refractivity contribution in [1.29, 1.82) is 0 Å². The van der Waals surface area contributed by atoms with Crippen molar-refractivity contribution in [1.82, 2.24) is 5.32 Å². The maximum Gasteiger partial charge on any atom is 0.220 e. The van der Waals surface area contributed by atoms with Gasteiger partial charge in [0.1, 0.15) is 0 Å². The molecule has 0 unspecified atom stereocenters. The van der Waals surface area contributed by atoms with Crippen molar-refractivity contribution >= 4 is 21.8 Å². The summed E-state index contributed by atoms with van der Waals surface area (Å²) >= 11 is 3.45. The van der Waals surface area contributed by atoms with Gasteiger partial charge in [-0.2, -0.15) is 0 Å². The van der Waals surface area contributed by atoms with Crippen LogP contribution in [-0.2, 0) is 11.2 Å². The monoisotopic (exact) mass is 325 g/mol. The minimum atomic E-state index is 0.143. The van der Waals surface area contributed by atoms with Crippen molar-refractivity contribution in [2.75, 3.05) is 11.9 Å². The Bertz CT molecular complexity index is 415. The number of hydrogen-bond acceptors (Lipinski definition) is 1. The summed E-state index contributed by atoms with van der Waals surface area (Å²) in [6.07, 6.45) is 2.44. The number of benzene rings is 1. The molecule has 3 heteroatoms. The molecule has 0 saturated carbocycles. The minimum absolute atomic E-state index is 0.143. The van der Waals surface area contributed by atoms with Gasteiger partial charge in [0, 0.05) is 18.3 Å². The standard InChI is InChI=1S/C16H24BrNO/c1-13-5-4-6-14(11-13)7-8-15(19)18-12-16(2,3)9-10-17/h4-6,11H,7-10,12H2,1-3H3,(H,18,19). The van der Waals surface area contributed by atoms with E-state index in [9.17, 15) is 4.79 Å². The summed E-state index contributed by atoms with van der Waals surface area (Å²) in [5.74, 6) is 0.143. The fourth-order valence-corrected chi connectivity index (χ4v) is 2.97. The molecule has 0 aromatic heterocycles. The molecule has 1 N–H and O–H groups in total. The zero-order valence-electron chi connectivity index (χ0n) is 12.1. The maximum atomic E-state index is 11.8. The van der Waals surface area contributed by atoms with Gasteiger partial charge in [-0.05, 0) is 30.7 Å². The molecule has 0 aliphatic rings. The second-order valence-electron chi connectivity index (χ2n) is 5.87. The fourth-order valence-electron chi connectivity index (χ4n) is 1.90. The van der Waals surface area contributed by atoms with E-state index < -0.39 is 0 Å². The zero-order valence-corrected chi connectivity index (χ0v) is 13.7. The summed E-state index contributed by atoms with van der Waals surface area (Å²) in [5.41, 5.74) is 2.63. The Hall–Kier alpha value is -0.830. The Labute approximate surface area is 125 Å². The normalized spacial score (nSPS) is 11.4. The van der Waals surface area contributed by atoms with Crippen molar-refractivity contribution in [2.45, 2.75) is 40.0 Å². The van der Waals surface area contributed by atoms with Crippen LogP contribution in [0.2, 0.25) is 0 Å². The summed E-state index contributed by atoms with van der Waals surface area (Å²) in [6, 6.07) is 8.34. The van der Waals surface area contributed by atoms with Crippen molar-refractivity contribution < 1.29 is 4.79 Å². The van der Waals surface area contributed by atoms with Gasteiger partial charge >= 0.3 is 0 Å². The quantitative estimate of drug-likeness (QED) is 0.758. The molecule has 0 fully saturated rings. The van der Waals surface area contributed by atoms with E-state index >= 15 is 0 Å². The first-order chi connectivity index (χ1) is 8.93. The van der Waals surface area contributed by atoms with E-state index in [1.54, 1.807) is 0 Å². The van der Waals surface area contributed by atoms with Crippen molar-refractivity contribution in [2.24, 2.45) is 5.41 Å². The van der Waals surface area contributed by atoms with Gasteiger partial charge in [-0.25, -0.2) is 0 Å². The van der Waals surface area contributed by atoms with Crippen LogP contribution < -0.4 is 5.32 Å². The van der Waals surface area contributed by atoms with E-state index in [4.69, 9.17) is 0 Å². The van der Waals surface area contributed by atoms with E-state index in [1.807, 2.05) is 6.07 Å². The van der Waals surface area contributed by atoms with Crippen LogP contribution in [0.1, 0.15) is 37.8 Å². The van der Waals surface area contributed by atoms with E-state index in [-0.39, 0.29) is 11.3 Å². The first kappa shape index (κ1) is 16.2. The van der Waals surface area contributed by atoms with Crippen LogP contribution >= 0.6 is 15.9 Å². The average molecular weight is 326 g/mol. The number of halogens is 1. The number of amides is 1. The van der Waals surface area contributed by atoms with Gasteiger partial charge < -0.3 is 5.32 Å². The summed E-state index contributed by atoms with van der Waals surface area (Å²) in [4.78, 5) is 11.8. The fraction of sp³-hybridized carbons (Fsp3) is 0.562. The van der Waals surface area contributed by atoms with Crippen LogP contribution in [0, 0.1) is 12.3 Å². The molecule has 0 heterocycles. The highest BCUT2D eigenvalue weighted by Crippen LogP contribution is 2.19. The molecule has 1 amide bonds. The van der Waals surface area contributed by atoms with Crippen molar-refractivity contribution in [3.63, 3.8) is 0 Å². The molecule has 1 aromatic carbocycles. The molecule has 1 rings (SSSR count). The van der Waals surface area contributed by atoms with E-state index in [0.29, 0.717) is 6.42 Å². The highest BCUT2D eigenvalue weighted by atomic mass is 79.9.